The van der Waals surface area contributed by atoms with Crippen LogP contribution in [0, 0.1) is 6.92 Å². The van der Waals surface area contributed by atoms with Crippen molar-refractivity contribution < 1.29 is 22.3 Å². The van der Waals surface area contributed by atoms with Gasteiger partial charge in [0.05, 0.1) is 20.7 Å². The van der Waals surface area contributed by atoms with Gasteiger partial charge in [0.25, 0.3) is 11.8 Å². The minimum absolute atomic E-state index is 0.0115. The molecule has 1 aliphatic heterocycles. The van der Waals surface area contributed by atoms with Crippen LogP contribution in [0.15, 0.2) is 70.4 Å². The first-order valence-electron chi connectivity index (χ1n) is 9.16. The number of hydrogen-bond donors (Lipinski definition) is 0. The van der Waals surface area contributed by atoms with Crippen molar-refractivity contribution in [1.82, 2.24) is 5.06 Å². The molecule has 1 aromatic heterocycles. The van der Waals surface area contributed by atoms with Gasteiger partial charge >= 0.3 is 10.1 Å². The predicted octanol–water partition coefficient (Wildman–Crippen LogP) is 3.64. The molecule has 154 valence electrons. The first-order valence-corrected chi connectivity index (χ1v) is 11.4. The summed E-state index contributed by atoms with van der Waals surface area (Å²) in [6.07, 6.45) is 0. The SMILES string of the molecule is Cc1ccc(S(=O)(=O)ON2C(=O)c3ccc4c(=O)c5ccccc5sc4c3C2=O)cc1. The minimum atomic E-state index is -4.41. The van der Waals surface area contributed by atoms with E-state index in [4.69, 9.17) is 4.28 Å². The lowest BCUT2D eigenvalue weighted by Crippen LogP contribution is -2.32. The lowest BCUT2D eigenvalue weighted by molar-refractivity contribution is -0.0103. The molecule has 0 fully saturated rings. The number of rotatable bonds is 3. The number of benzene rings is 3. The number of fused-ring (bicyclic) bond motifs is 4. The molecule has 9 heteroatoms. The van der Waals surface area contributed by atoms with Gasteiger partial charge in [-0.1, -0.05) is 29.8 Å². The molecule has 1 aliphatic rings. The summed E-state index contributed by atoms with van der Waals surface area (Å²) in [4.78, 5) is 38.5. The first-order chi connectivity index (χ1) is 14.8. The van der Waals surface area contributed by atoms with Crippen LogP contribution >= 0.6 is 11.3 Å². The fourth-order valence-electron chi connectivity index (χ4n) is 3.47. The second-order valence-electron chi connectivity index (χ2n) is 7.04. The third-order valence-electron chi connectivity index (χ3n) is 5.04. The predicted molar refractivity (Wildman–Crippen MR) is 116 cm³/mol. The Bertz CT molecular complexity index is 1590. The fraction of sp³-hybridized carbons (Fsp3) is 0.0455. The Morgan fingerprint density at radius 3 is 2.29 bits per heavy atom. The van der Waals surface area contributed by atoms with Crippen LogP contribution in [0.2, 0.25) is 0 Å². The van der Waals surface area contributed by atoms with E-state index in [-0.39, 0.29) is 31.9 Å². The highest BCUT2D eigenvalue weighted by atomic mass is 32.2. The van der Waals surface area contributed by atoms with E-state index in [0.717, 1.165) is 5.56 Å². The van der Waals surface area contributed by atoms with E-state index in [1.54, 1.807) is 43.3 Å². The number of amides is 2. The lowest BCUT2D eigenvalue weighted by atomic mass is 10.1. The maximum Gasteiger partial charge on any atom is 0.318 e. The Hall–Kier alpha value is -3.40. The van der Waals surface area contributed by atoms with Crippen molar-refractivity contribution in [1.29, 1.82) is 0 Å². The smallest absolute Gasteiger partial charge is 0.289 e. The normalized spacial score (nSPS) is 13.9. The molecule has 0 radical (unpaired) electrons. The maximum absolute atomic E-state index is 13.1. The number of aryl methyl sites for hydroxylation is 1. The molecule has 2 heterocycles. The molecule has 7 nitrogen and oxygen atoms in total. The van der Waals surface area contributed by atoms with Crippen LogP contribution in [0.4, 0.5) is 0 Å². The van der Waals surface area contributed by atoms with Crippen LogP contribution in [0.1, 0.15) is 26.3 Å². The van der Waals surface area contributed by atoms with E-state index in [9.17, 15) is 22.8 Å². The van der Waals surface area contributed by atoms with E-state index in [1.807, 2.05) is 0 Å². The number of nitrogens with zero attached hydrogens (tertiary/aromatic N) is 1. The topological polar surface area (TPSA) is 97.8 Å². The third kappa shape index (κ3) is 2.97. The summed E-state index contributed by atoms with van der Waals surface area (Å²) in [6, 6.07) is 15.6. The molecule has 3 aromatic carbocycles. The molecule has 0 N–H and O–H groups in total. The third-order valence-corrected chi connectivity index (χ3v) is 7.44. The monoisotopic (exact) mass is 451 g/mol. The van der Waals surface area contributed by atoms with Gasteiger partial charge in [0.15, 0.2) is 5.43 Å². The molecule has 2 amide bonds. The Kier molecular flexibility index (Phi) is 4.30. The van der Waals surface area contributed by atoms with Crippen molar-refractivity contribution >= 4 is 53.4 Å². The van der Waals surface area contributed by atoms with Crippen LogP contribution < -0.4 is 5.43 Å². The van der Waals surface area contributed by atoms with Crippen molar-refractivity contribution in [2.75, 3.05) is 0 Å². The molecule has 5 rings (SSSR count). The van der Waals surface area contributed by atoms with Crippen molar-refractivity contribution in [2.24, 2.45) is 0 Å². The van der Waals surface area contributed by atoms with Gasteiger partial charge in [0.1, 0.15) is 0 Å². The molecule has 0 spiro atoms. The zero-order chi connectivity index (χ0) is 21.9. The van der Waals surface area contributed by atoms with Crippen LogP contribution in [-0.4, -0.2) is 25.3 Å². The van der Waals surface area contributed by atoms with Crippen molar-refractivity contribution in [3.8, 4) is 0 Å². The fourth-order valence-corrected chi connectivity index (χ4v) is 5.57. The highest BCUT2D eigenvalue weighted by Gasteiger charge is 2.42. The molecule has 0 saturated carbocycles. The van der Waals surface area contributed by atoms with Gasteiger partial charge in [-0.05, 0) is 43.3 Å². The molecule has 0 unspecified atom stereocenters. The van der Waals surface area contributed by atoms with Crippen molar-refractivity contribution in [3.05, 3.63) is 87.6 Å². The van der Waals surface area contributed by atoms with Gasteiger partial charge in [-0.3, -0.25) is 14.4 Å². The zero-order valence-electron chi connectivity index (χ0n) is 16.0. The summed E-state index contributed by atoms with van der Waals surface area (Å²) in [6.45, 7) is 1.79. The summed E-state index contributed by atoms with van der Waals surface area (Å²) in [7, 11) is -4.41. The number of hydrogen-bond acceptors (Lipinski definition) is 7. The summed E-state index contributed by atoms with van der Waals surface area (Å²) < 4.78 is 31.1. The van der Waals surface area contributed by atoms with E-state index in [0.29, 0.717) is 14.8 Å². The molecule has 0 atom stereocenters. The molecule has 0 aliphatic carbocycles. The second-order valence-corrected chi connectivity index (χ2v) is 9.62. The molecule has 0 bridgehead atoms. The van der Waals surface area contributed by atoms with Gasteiger partial charge in [-0.2, -0.15) is 8.42 Å². The Morgan fingerprint density at radius 2 is 1.55 bits per heavy atom. The Morgan fingerprint density at radius 1 is 0.839 bits per heavy atom. The highest BCUT2D eigenvalue weighted by molar-refractivity contribution is 7.86. The van der Waals surface area contributed by atoms with E-state index < -0.39 is 21.9 Å². The quantitative estimate of drug-likeness (QED) is 0.348. The van der Waals surface area contributed by atoms with Crippen molar-refractivity contribution in [2.45, 2.75) is 11.8 Å². The number of carbonyl (C=O) groups is 2. The van der Waals surface area contributed by atoms with E-state index in [2.05, 4.69) is 0 Å². The summed E-state index contributed by atoms with van der Waals surface area (Å²) in [5.41, 5.74) is 0.532. The van der Waals surface area contributed by atoms with E-state index in [1.165, 1.54) is 35.6 Å². The summed E-state index contributed by atoms with van der Waals surface area (Å²) >= 11 is 1.19. The highest BCUT2D eigenvalue weighted by Crippen LogP contribution is 2.35. The minimum Gasteiger partial charge on any atom is -0.289 e. The van der Waals surface area contributed by atoms with Crippen molar-refractivity contribution in [3.63, 3.8) is 0 Å². The van der Waals surface area contributed by atoms with E-state index >= 15 is 0 Å². The van der Waals surface area contributed by atoms with Crippen LogP contribution in [0.3, 0.4) is 0 Å². The zero-order valence-corrected chi connectivity index (χ0v) is 17.6. The van der Waals surface area contributed by atoms with Crippen LogP contribution in [0.5, 0.6) is 0 Å². The van der Waals surface area contributed by atoms with Gasteiger partial charge in [-0.25, -0.2) is 0 Å². The average Bonchev–Trinajstić information content (AvgIpc) is 2.99. The standard InChI is InChI=1S/C22H13NO6S2/c1-12-6-8-13(9-7-12)31(27,28)29-23-21(25)15-10-11-16-19(24)14-4-2-3-5-17(14)30-20(16)18(15)22(23)26/h2-11H,1H3. The second kappa shape index (κ2) is 6.81. The number of hydroxylamine groups is 2. The Labute approximate surface area is 180 Å². The first kappa shape index (κ1) is 19.6. The largest absolute Gasteiger partial charge is 0.318 e. The molecule has 0 saturated heterocycles. The van der Waals surface area contributed by atoms with Crippen LogP contribution in [-0.2, 0) is 14.4 Å². The maximum atomic E-state index is 13.1. The Balaban J connectivity index is 1.64. The summed E-state index contributed by atoms with van der Waals surface area (Å²) in [5.74, 6) is -1.82. The molecule has 31 heavy (non-hydrogen) atoms. The average molecular weight is 451 g/mol. The number of carbonyl (C=O) groups excluding carboxylic acids is 2. The van der Waals surface area contributed by atoms with Crippen LogP contribution in [0.25, 0.3) is 20.2 Å². The summed E-state index contributed by atoms with van der Waals surface area (Å²) in [5, 5.41) is 1.03. The lowest BCUT2D eigenvalue weighted by Gasteiger charge is -2.13. The molecule has 4 aromatic rings. The van der Waals surface area contributed by atoms with Gasteiger partial charge in [-0.15, -0.1) is 20.7 Å². The van der Waals surface area contributed by atoms with Gasteiger partial charge < -0.3 is 0 Å². The van der Waals surface area contributed by atoms with Gasteiger partial charge in [0.2, 0.25) is 0 Å². The molecular weight excluding hydrogens is 438 g/mol. The van der Waals surface area contributed by atoms with Gasteiger partial charge in [0, 0.05) is 15.5 Å². The molecular formula is C22H13NO6S2. The number of imide groups is 1.